The van der Waals surface area contributed by atoms with Crippen LogP contribution in [0.1, 0.15) is 11.1 Å². The van der Waals surface area contributed by atoms with Crippen LogP contribution in [0.2, 0.25) is 0 Å². The number of hydrogen-bond donors (Lipinski definition) is 1. The highest BCUT2D eigenvalue weighted by atomic mass is 16.5. The van der Waals surface area contributed by atoms with Gasteiger partial charge in [0.15, 0.2) is 28.8 Å². The number of rotatable bonds is 10. The molecule has 0 atom stereocenters. The van der Waals surface area contributed by atoms with Gasteiger partial charge in [0.2, 0.25) is 16.9 Å². The Balaban J connectivity index is 1.56. The second-order valence-corrected chi connectivity index (χ2v) is 8.84. The van der Waals surface area contributed by atoms with Gasteiger partial charge in [-0.25, -0.2) is 0 Å². The standard InChI is InChI=1S/C32H28O8/c1-35-24-16-22(14-15-23(24)38-18-20-10-6-4-7-11-20)30-29(34)28(33)27-25(40-30)17-26(36-2)31(37-3)32(27)39-19-21-12-8-5-9-13-21/h4-17,34H,18-19H2,1-3H3. The van der Waals surface area contributed by atoms with Gasteiger partial charge in [-0.1, -0.05) is 60.7 Å². The summed E-state index contributed by atoms with van der Waals surface area (Å²) < 4.78 is 34.7. The molecule has 1 N–H and O–H groups in total. The normalized spacial score (nSPS) is 10.8. The van der Waals surface area contributed by atoms with Crippen LogP contribution in [-0.4, -0.2) is 26.4 Å². The Labute approximate surface area is 230 Å². The van der Waals surface area contributed by atoms with Gasteiger partial charge in [-0.3, -0.25) is 4.79 Å². The van der Waals surface area contributed by atoms with Crippen molar-refractivity contribution < 1.29 is 33.2 Å². The quantitative estimate of drug-likeness (QED) is 0.219. The first kappa shape index (κ1) is 26.5. The summed E-state index contributed by atoms with van der Waals surface area (Å²) >= 11 is 0. The first-order valence-electron chi connectivity index (χ1n) is 12.5. The molecule has 8 nitrogen and oxygen atoms in total. The summed E-state index contributed by atoms with van der Waals surface area (Å²) in [5.41, 5.74) is 1.78. The number of fused-ring (bicyclic) bond motifs is 1. The molecule has 0 aliphatic carbocycles. The molecule has 1 aromatic heterocycles. The van der Waals surface area contributed by atoms with E-state index < -0.39 is 11.2 Å². The Morgan fingerprint density at radius 1 is 0.675 bits per heavy atom. The second kappa shape index (κ2) is 11.7. The van der Waals surface area contributed by atoms with Crippen molar-refractivity contribution in [2.75, 3.05) is 21.3 Å². The van der Waals surface area contributed by atoms with E-state index in [0.29, 0.717) is 29.4 Å². The summed E-state index contributed by atoms with van der Waals surface area (Å²) in [4.78, 5) is 13.6. The molecule has 0 unspecified atom stereocenters. The second-order valence-electron chi connectivity index (χ2n) is 8.84. The zero-order valence-electron chi connectivity index (χ0n) is 22.3. The maximum absolute atomic E-state index is 13.6. The summed E-state index contributed by atoms with van der Waals surface area (Å²) in [7, 11) is 4.43. The minimum Gasteiger partial charge on any atom is -0.502 e. The maximum atomic E-state index is 13.6. The molecule has 0 aliphatic heterocycles. The molecule has 0 bridgehead atoms. The van der Waals surface area contributed by atoms with Crippen molar-refractivity contribution in [3.63, 3.8) is 0 Å². The molecule has 0 saturated carbocycles. The number of aromatic hydroxyl groups is 1. The van der Waals surface area contributed by atoms with Crippen molar-refractivity contribution in [2.24, 2.45) is 0 Å². The first-order chi connectivity index (χ1) is 19.5. The molecule has 0 radical (unpaired) electrons. The summed E-state index contributed by atoms with van der Waals surface area (Å²) in [6.45, 7) is 0.503. The van der Waals surface area contributed by atoms with Gasteiger partial charge in [0.1, 0.15) is 24.2 Å². The van der Waals surface area contributed by atoms with Crippen molar-refractivity contribution in [3.8, 4) is 45.8 Å². The highest BCUT2D eigenvalue weighted by Gasteiger charge is 2.25. The van der Waals surface area contributed by atoms with E-state index in [2.05, 4.69) is 0 Å². The predicted octanol–water partition coefficient (Wildman–Crippen LogP) is 6.35. The number of benzene rings is 4. The van der Waals surface area contributed by atoms with Crippen LogP contribution in [-0.2, 0) is 13.2 Å². The lowest BCUT2D eigenvalue weighted by Gasteiger charge is -2.17. The van der Waals surface area contributed by atoms with E-state index in [9.17, 15) is 9.90 Å². The highest BCUT2D eigenvalue weighted by molar-refractivity contribution is 5.91. The molecule has 40 heavy (non-hydrogen) atoms. The minimum atomic E-state index is -0.677. The average molecular weight is 541 g/mol. The van der Waals surface area contributed by atoms with E-state index in [4.69, 9.17) is 28.1 Å². The first-order valence-corrected chi connectivity index (χ1v) is 12.5. The van der Waals surface area contributed by atoms with E-state index in [0.717, 1.165) is 11.1 Å². The minimum absolute atomic E-state index is 0.0320. The number of hydrogen-bond acceptors (Lipinski definition) is 8. The fourth-order valence-corrected chi connectivity index (χ4v) is 4.34. The maximum Gasteiger partial charge on any atom is 0.238 e. The van der Waals surface area contributed by atoms with Gasteiger partial charge in [-0.05, 0) is 29.3 Å². The molecule has 5 aromatic rings. The van der Waals surface area contributed by atoms with Gasteiger partial charge in [0.25, 0.3) is 0 Å². The van der Waals surface area contributed by atoms with Gasteiger partial charge in [0, 0.05) is 11.6 Å². The lowest BCUT2D eigenvalue weighted by Crippen LogP contribution is -2.08. The molecule has 4 aromatic carbocycles. The van der Waals surface area contributed by atoms with Crippen LogP contribution in [0.5, 0.6) is 34.5 Å². The smallest absolute Gasteiger partial charge is 0.238 e. The summed E-state index contributed by atoms with van der Waals surface area (Å²) in [5.74, 6) is 0.928. The molecule has 0 amide bonds. The van der Waals surface area contributed by atoms with Crippen LogP contribution < -0.4 is 29.1 Å². The largest absolute Gasteiger partial charge is 0.502 e. The third kappa shape index (κ3) is 5.24. The molecule has 5 rings (SSSR count). The van der Waals surface area contributed by atoms with E-state index in [1.54, 1.807) is 18.2 Å². The van der Waals surface area contributed by atoms with E-state index >= 15 is 0 Å². The SMILES string of the molecule is COc1cc(-c2oc3cc(OC)c(OC)c(OCc4ccccc4)c3c(=O)c2O)ccc1OCc1ccccc1. The highest BCUT2D eigenvalue weighted by Crippen LogP contribution is 2.45. The predicted molar refractivity (Wildman–Crippen MR) is 151 cm³/mol. The molecule has 8 heteroatoms. The van der Waals surface area contributed by atoms with E-state index in [1.807, 2.05) is 60.7 Å². The number of methoxy groups -OCH3 is 3. The molecule has 0 aliphatic rings. The monoisotopic (exact) mass is 540 g/mol. The number of ether oxygens (including phenoxy) is 5. The third-order valence-corrected chi connectivity index (χ3v) is 6.35. The summed E-state index contributed by atoms with van der Waals surface area (Å²) in [5, 5.41) is 11.1. The lowest BCUT2D eigenvalue weighted by atomic mass is 10.1. The van der Waals surface area contributed by atoms with Crippen LogP contribution in [0.15, 0.2) is 94.1 Å². The van der Waals surface area contributed by atoms with Crippen LogP contribution in [0.3, 0.4) is 0 Å². The van der Waals surface area contributed by atoms with Gasteiger partial charge >= 0.3 is 0 Å². The van der Waals surface area contributed by atoms with E-state index in [-0.39, 0.29) is 34.8 Å². The molecular formula is C32H28O8. The van der Waals surface area contributed by atoms with Crippen LogP contribution in [0.4, 0.5) is 0 Å². The fourth-order valence-electron chi connectivity index (χ4n) is 4.34. The van der Waals surface area contributed by atoms with Crippen LogP contribution >= 0.6 is 0 Å². The molecule has 1 heterocycles. The average Bonchev–Trinajstić information content (AvgIpc) is 3.00. The Hall–Kier alpha value is -5.11. The molecule has 0 fully saturated rings. The Kier molecular flexibility index (Phi) is 7.77. The zero-order valence-corrected chi connectivity index (χ0v) is 22.3. The molecular weight excluding hydrogens is 512 g/mol. The van der Waals surface area contributed by atoms with Gasteiger partial charge < -0.3 is 33.2 Å². The van der Waals surface area contributed by atoms with Crippen molar-refractivity contribution in [1.29, 1.82) is 0 Å². The molecule has 0 saturated heterocycles. The van der Waals surface area contributed by atoms with Crippen LogP contribution in [0.25, 0.3) is 22.3 Å². The lowest BCUT2D eigenvalue weighted by molar-refractivity contribution is 0.278. The fraction of sp³-hybridized carbons (Fsp3) is 0.156. The van der Waals surface area contributed by atoms with Gasteiger partial charge in [-0.2, -0.15) is 0 Å². The summed E-state index contributed by atoms with van der Waals surface area (Å²) in [6, 6.07) is 25.7. The third-order valence-electron chi connectivity index (χ3n) is 6.35. The molecule has 0 spiro atoms. The Morgan fingerprint density at radius 3 is 1.90 bits per heavy atom. The zero-order chi connectivity index (χ0) is 28.1. The van der Waals surface area contributed by atoms with Crippen molar-refractivity contribution in [1.82, 2.24) is 0 Å². The van der Waals surface area contributed by atoms with Gasteiger partial charge in [0.05, 0.1) is 21.3 Å². The van der Waals surface area contributed by atoms with Crippen molar-refractivity contribution in [3.05, 3.63) is 106 Å². The topological polar surface area (TPSA) is 96.6 Å². The van der Waals surface area contributed by atoms with Crippen LogP contribution in [0, 0.1) is 0 Å². The van der Waals surface area contributed by atoms with Crippen molar-refractivity contribution >= 4 is 11.0 Å². The van der Waals surface area contributed by atoms with E-state index in [1.165, 1.54) is 27.4 Å². The van der Waals surface area contributed by atoms with Crippen molar-refractivity contribution in [2.45, 2.75) is 13.2 Å². The Morgan fingerprint density at radius 2 is 1.30 bits per heavy atom. The Bertz CT molecular complexity index is 1680. The molecule has 204 valence electrons. The van der Waals surface area contributed by atoms with Gasteiger partial charge in [-0.15, -0.1) is 0 Å². The summed E-state index contributed by atoms with van der Waals surface area (Å²) in [6.07, 6.45) is 0.